The number of amides is 1. The molecule has 0 bridgehead atoms. The number of aryl methyl sites for hydroxylation is 2. The summed E-state index contributed by atoms with van der Waals surface area (Å²) in [6.07, 6.45) is 1.69. The average Bonchev–Trinajstić information content (AvgIpc) is 2.78. The fraction of sp³-hybridized carbons (Fsp3) is 0.167. The van der Waals surface area contributed by atoms with Crippen molar-refractivity contribution in [2.75, 3.05) is 25.3 Å². The first-order chi connectivity index (χ1) is 14.5. The zero-order chi connectivity index (χ0) is 21.5. The number of methoxy groups -OCH3 is 2. The van der Waals surface area contributed by atoms with Crippen LogP contribution in [0, 0.1) is 0 Å². The fourth-order valence-corrected chi connectivity index (χ4v) is 3.02. The molecule has 1 amide bonds. The van der Waals surface area contributed by atoms with Gasteiger partial charge in [0, 0.05) is 11.3 Å². The number of rotatable bonds is 7. The Morgan fingerprint density at radius 3 is 1.97 bits per heavy atom. The molecular weight excluding hydrogens is 380 g/mol. The van der Waals surface area contributed by atoms with Crippen molar-refractivity contribution in [1.82, 2.24) is 0 Å². The molecule has 3 rings (SSSR count). The van der Waals surface area contributed by atoms with Gasteiger partial charge in [-0.15, -0.1) is 0 Å². The van der Waals surface area contributed by atoms with E-state index in [1.165, 1.54) is 14.2 Å². The molecule has 0 unspecified atom stereocenters. The molecule has 3 aromatic rings. The summed E-state index contributed by atoms with van der Waals surface area (Å²) in [4.78, 5) is 23.9. The van der Waals surface area contributed by atoms with E-state index in [0.29, 0.717) is 28.3 Å². The van der Waals surface area contributed by atoms with E-state index in [1.807, 2.05) is 36.4 Å². The SMILES string of the molecule is COC(=O)c1ccc(CCc2ccc(NC(=O)c3ccc(N)c(OC)c3)cc2)cc1. The van der Waals surface area contributed by atoms with Gasteiger partial charge >= 0.3 is 5.97 Å². The second-order valence-corrected chi connectivity index (χ2v) is 6.80. The topological polar surface area (TPSA) is 90.7 Å². The molecule has 0 spiro atoms. The summed E-state index contributed by atoms with van der Waals surface area (Å²) >= 11 is 0. The Morgan fingerprint density at radius 2 is 1.40 bits per heavy atom. The monoisotopic (exact) mass is 404 g/mol. The normalized spacial score (nSPS) is 10.3. The zero-order valence-corrected chi connectivity index (χ0v) is 17.0. The van der Waals surface area contributed by atoms with Crippen LogP contribution < -0.4 is 15.8 Å². The Bertz CT molecular complexity index is 1030. The highest BCUT2D eigenvalue weighted by atomic mass is 16.5. The van der Waals surface area contributed by atoms with Gasteiger partial charge in [0.25, 0.3) is 5.91 Å². The van der Waals surface area contributed by atoms with Crippen molar-refractivity contribution in [3.8, 4) is 5.75 Å². The lowest BCUT2D eigenvalue weighted by Crippen LogP contribution is -2.12. The van der Waals surface area contributed by atoms with E-state index in [-0.39, 0.29) is 11.9 Å². The van der Waals surface area contributed by atoms with Crippen molar-refractivity contribution in [1.29, 1.82) is 0 Å². The van der Waals surface area contributed by atoms with Crippen LogP contribution in [0.3, 0.4) is 0 Å². The molecule has 3 aromatic carbocycles. The second kappa shape index (κ2) is 9.60. The van der Waals surface area contributed by atoms with Gasteiger partial charge in [0.15, 0.2) is 0 Å². The van der Waals surface area contributed by atoms with E-state index < -0.39 is 0 Å². The number of nitrogens with one attached hydrogen (secondary N) is 1. The highest BCUT2D eigenvalue weighted by molar-refractivity contribution is 6.04. The number of anilines is 2. The van der Waals surface area contributed by atoms with Crippen molar-refractivity contribution in [2.24, 2.45) is 0 Å². The molecule has 3 N–H and O–H groups in total. The Morgan fingerprint density at radius 1 is 0.833 bits per heavy atom. The van der Waals surface area contributed by atoms with Gasteiger partial charge in [0.1, 0.15) is 5.75 Å². The van der Waals surface area contributed by atoms with Crippen molar-refractivity contribution in [3.05, 3.63) is 89.0 Å². The zero-order valence-electron chi connectivity index (χ0n) is 17.0. The molecule has 0 aliphatic rings. The number of nitrogens with two attached hydrogens (primary N) is 1. The Balaban J connectivity index is 1.57. The third kappa shape index (κ3) is 5.17. The molecule has 0 aliphatic carbocycles. The lowest BCUT2D eigenvalue weighted by molar-refractivity contribution is 0.0600. The van der Waals surface area contributed by atoms with E-state index >= 15 is 0 Å². The summed E-state index contributed by atoms with van der Waals surface area (Å²) in [7, 11) is 2.88. The van der Waals surface area contributed by atoms with Crippen LogP contribution in [0.25, 0.3) is 0 Å². The maximum Gasteiger partial charge on any atom is 0.337 e. The lowest BCUT2D eigenvalue weighted by Gasteiger charge is -2.09. The second-order valence-electron chi connectivity index (χ2n) is 6.80. The Labute approximate surface area is 175 Å². The van der Waals surface area contributed by atoms with E-state index in [0.717, 1.165) is 24.0 Å². The van der Waals surface area contributed by atoms with Crippen LogP contribution in [-0.2, 0) is 17.6 Å². The quantitative estimate of drug-likeness (QED) is 0.457. The smallest absolute Gasteiger partial charge is 0.337 e. The molecule has 154 valence electrons. The van der Waals surface area contributed by atoms with Gasteiger partial charge in [-0.3, -0.25) is 4.79 Å². The first-order valence-corrected chi connectivity index (χ1v) is 9.51. The third-order valence-corrected chi connectivity index (χ3v) is 4.78. The Hall–Kier alpha value is -3.80. The van der Waals surface area contributed by atoms with Gasteiger partial charge in [0.2, 0.25) is 0 Å². The van der Waals surface area contributed by atoms with Crippen LogP contribution in [0.1, 0.15) is 31.8 Å². The molecule has 30 heavy (non-hydrogen) atoms. The number of nitrogen functional groups attached to an aromatic ring is 1. The molecule has 0 aliphatic heterocycles. The summed E-state index contributed by atoms with van der Waals surface area (Å²) < 4.78 is 9.87. The highest BCUT2D eigenvalue weighted by Crippen LogP contribution is 2.23. The van der Waals surface area contributed by atoms with E-state index in [9.17, 15) is 9.59 Å². The Kier molecular flexibility index (Phi) is 6.70. The summed E-state index contributed by atoms with van der Waals surface area (Å²) in [6, 6.07) is 20.1. The molecule has 0 saturated carbocycles. The van der Waals surface area contributed by atoms with E-state index in [4.69, 9.17) is 15.2 Å². The summed E-state index contributed by atoms with van der Waals surface area (Å²) in [5, 5.41) is 2.87. The maximum atomic E-state index is 12.4. The molecule has 0 aromatic heterocycles. The van der Waals surface area contributed by atoms with Gasteiger partial charge in [0.05, 0.1) is 25.5 Å². The summed E-state index contributed by atoms with van der Waals surface area (Å²) in [6.45, 7) is 0. The van der Waals surface area contributed by atoms with Crippen LogP contribution in [0.15, 0.2) is 66.7 Å². The molecule has 0 atom stereocenters. The predicted molar refractivity (Wildman–Crippen MR) is 117 cm³/mol. The fourth-order valence-electron chi connectivity index (χ4n) is 3.02. The largest absolute Gasteiger partial charge is 0.495 e. The van der Waals surface area contributed by atoms with Crippen LogP contribution in [0.4, 0.5) is 11.4 Å². The minimum absolute atomic E-state index is 0.230. The first-order valence-electron chi connectivity index (χ1n) is 9.51. The van der Waals surface area contributed by atoms with Crippen molar-refractivity contribution >= 4 is 23.3 Å². The predicted octanol–water partition coefficient (Wildman–Crippen LogP) is 4.10. The molecule has 0 radical (unpaired) electrons. The standard InChI is InChI=1S/C24H24N2O4/c1-29-22-15-19(11-14-21(22)25)23(27)26-20-12-7-17(8-13-20)4-3-16-5-9-18(10-6-16)24(28)30-2/h5-15H,3-4,25H2,1-2H3,(H,26,27). The van der Waals surface area contributed by atoms with Crippen molar-refractivity contribution in [3.63, 3.8) is 0 Å². The first kappa shape index (κ1) is 20.9. The highest BCUT2D eigenvalue weighted by Gasteiger charge is 2.09. The van der Waals surface area contributed by atoms with Crippen LogP contribution in [0.5, 0.6) is 5.75 Å². The summed E-state index contributed by atoms with van der Waals surface area (Å²) in [5.41, 5.74) is 10.3. The van der Waals surface area contributed by atoms with E-state index in [2.05, 4.69) is 5.32 Å². The minimum atomic E-state index is -0.336. The maximum absolute atomic E-state index is 12.4. The number of ether oxygens (including phenoxy) is 2. The third-order valence-electron chi connectivity index (χ3n) is 4.78. The number of carbonyl (C=O) groups excluding carboxylic acids is 2. The van der Waals surface area contributed by atoms with Crippen LogP contribution >= 0.6 is 0 Å². The van der Waals surface area contributed by atoms with Crippen LogP contribution in [0.2, 0.25) is 0 Å². The molecule has 6 heteroatoms. The molecular formula is C24H24N2O4. The van der Waals surface area contributed by atoms with Gasteiger partial charge < -0.3 is 20.5 Å². The summed E-state index contributed by atoms with van der Waals surface area (Å²) in [5.74, 6) is -0.0963. The molecule has 0 saturated heterocycles. The molecule has 0 fully saturated rings. The number of hydrogen-bond acceptors (Lipinski definition) is 5. The average molecular weight is 404 g/mol. The van der Waals surface area contributed by atoms with Crippen molar-refractivity contribution < 1.29 is 19.1 Å². The number of hydrogen-bond donors (Lipinski definition) is 2. The van der Waals surface area contributed by atoms with Gasteiger partial charge in [-0.05, 0) is 66.4 Å². The molecule has 0 heterocycles. The lowest BCUT2D eigenvalue weighted by atomic mass is 10.0. The van der Waals surface area contributed by atoms with Gasteiger partial charge in [-0.2, -0.15) is 0 Å². The van der Waals surface area contributed by atoms with E-state index in [1.54, 1.807) is 30.3 Å². The van der Waals surface area contributed by atoms with Gasteiger partial charge in [-0.25, -0.2) is 4.79 Å². The van der Waals surface area contributed by atoms with Crippen molar-refractivity contribution in [2.45, 2.75) is 12.8 Å². The number of carbonyl (C=O) groups is 2. The van der Waals surface area contributed by atoms with Crippen LogP contribution in [-0.4, -0.2) is 26.1 Å². The van der Waals surface area contributed by atoms with Gasteiger partial charge in [-0.1, -0.05) is 24.3 Å². The number of esters is 1. The minimum Gasteiger partial charge on any atom is -0.495 e. The number of benzene rings is 3. The molecule has 6 nitrogen and oxygen atoms in total.